The summed E-state index contributed by atoms with van der Waals surface area (Å²) in [7, 11) is 0. The Morgan fingerprint density at radius 2 is 2.31 bits per heavy atom. The molecule has 2 N–H and O–H groups in total. The van der Waals surface area contributed by atoms with Gasteiger partial charge < -0.3 is 10.4 Å². The number of hydrogen-bond donors (Lipinski definition) is 2. The number of hydrogen-bond acceptors (Lipinski definition) is 3. The number of carboxylic acids is 1. The van der Waals surface area contributed by atoms with Crippen molar-refractivity contribution in [1.82, 2.24) is 4.98 Å². The number of anilines is 1. The predicted octanol–water partition coefficient (Wildman–Crippen LogP) is 2.30. The van der Waals surface area contributed by atoms with Gasteiger partial charge in [-0.2, -0.15) is 0 Å². The van der Waals surface area contributed by atoms with E-state index in [1.807, 2.05) is 6.92 Å². The minimum Gasteiger partial charge on any atom is -0.478 e. The van der Waals surface area contributed by atoms with E-state index in [0.29, 0.717) is 11.7 Å². The average Bonchev–Trinajstić information content (AvgIpc) is 2.14. The van der Waals surface area contributed by atoms with Crippen molar-refractivity contribution in [2.24, 2.45) is 5.92 Å². The molecule has 86 valence electrons. The van der Waals surface area contributed by atoms with Crippen molar-refractivity contribution in [3.63, 3.8) is 0 Å². The summed E-state index contributed by atoms with van der Waals surface area (Å²) in [6.45, 7) is 2.69. The normalized spacial score (nSPS) is 15.6. The van der Waals surface area contributed by atoms with Gasteiger partial charge in [-0.05, 0) is 37.8 Å². The van der Waals surface area contributed by atoms with Gasteiger partial charge in [0.2, 0.25) is 0 Å². The number of carboxylic acid groups (broad SMARTS) is 1. The number of pyridine rings is 1. The third kappa shape index (κ3) is 2.32. The Hall–Kier alpha value is -1.58. The van der Waals surface area contributed by atoms with E-state index >= 15 is 0 Å². The van der Waals surface area contributed by atoms with Crippen LogP contribution in [0.5, 0.6) is 0 Å². The summed E-state index contributed by atoms with van der Waals surface area (Å²) in [5, 5.41) is 12.2. The molecule has 1 fully saturated rings. The maximum Gasteiger partial charge on any atom is 0.339 e. The topological polar surface area (TPSA) is 62.2 Å². The van der Waals surface area contributed by atoms with E-state index in [1.165, 1.54) is 19.3 Å². The summed E-state index contributed by atoms with van der Waals surface area (Å²) in [4.78, 5) is 15.2. The zero-order chi connectivity index (χ0) is 11.5. The highest BCUT2D eigenvalue weighted by Gasteiger charge is 2.18. The number of nitrogens with one attached hydrogen (secondary N) is 1. The Kier molecular flexibility index (Phi) is 3.08. The Balaban J connectivity index is 2.09. The van der Waals surface area contributed by atoms with Crippen LogP contribution in [-0.4, -0.2) is 22.6 Å². The lowest BCUT2D eigenvalue weighted by atomic mass is 9.85. The molecule has 0 aromatic carbocycles. The lowest BCUT2D eigenvalue weighted by Crippen LogP contribution is -2.22. The van der Waals surface area contributed by atoms with Crippen LogP contribution in [0.25, 0.3) is 0 Å². The van der Waals surface area contributed by atoms with E-state index in [-0.39, 0.29) is 5.56 Å². The molecule has 0 spiro atoms. The smallest absolute Gasteiger partial charge is 0.339 e. The Bertz CT molecular complexity index is 400. The fourth-order valence-corrected chi connectivity index (χ4v) is 1.80. The number of aromatic nitrogens is 1. The van der Waals surface area contributed by atoms with E-state index in [1.54, 1.807) is 12.1 Å². The van der Waals surface area contributed by atoms with Crippen molar-refractivity contribution in [1.29, 1.82) is 0 Å². The molecule has 1 aliphatic carbocycles. The summed E-state index contributed by atoms with van der Waals surface area (Å²) in [6.07, 6.45) is 3.77. The molecule has 0 aliphatic heterocycles. The number of aryl methyl sites for hydroxylation is 1. The monoisotopic (exact) mass is 220 g/mol. The fraction of sp³-hybridized carbons (Fsp3) is 0.500. The standard InChI is InChI=1S/C12H16N2O2/c1-8-5-6-10(12(15)16)11(14-8)13-7-9-3-2-4-9/h5-6,9H,2-4,7H2,1H3,(H,13,14)(H,15,16). The molecular weight excluding hydrogens is 204 g/mol. The van der Waals surface area contributed by atoms with Gasteiger partial charge in [-0.3, -0.25) is 0 Å². The second kappa shape index (κ2) is 4.51. The van der Waals surface area contributed by atoms with Crippen molar-refractivity contribution in [2.45, 2.75) is 26.2 Å². The van der Waals surface area contributed by atoms with Gasteiger partial charge in [-0.25, -0.2) is 9.78 Å². The second-order valence-corrected chi connectivity index (χ2v) is 4.33. The third-order valence-electron chi connectivity index (χ3n) is 3.05. The van der Waals surface area contributed by atoms with Crippen molar-refractivity contribution in [3.8, 4) is 0 Å². The molecule has 2 rings (SSSR count). The summed E-state index contributed by atoms with van der Waals surface area (Å²) in [6, 6.07) is 3.33. The Labute approximate surface area is 94.7 Å². The molecule has 0 amide bonds. The maximum absolute atomic E-state index is 11.0. The van der Waals surface area contributed by atoms with Crippen molar-refractivity contribution in [2.75, 3.05) is 11.9 Å². The Morgan fingerprint density at radius 1 is 1.56 bits per heavy atom. The van der Waals surface area contributed by atoms with E-state index in [0.717, 1.165) is 12.2 Å². The third-order valence-corrected chi connectivity index (χ3v) is 3.05. The molecule has 0 atom stereocenters. The van der Waals surface area contributed by atoms with Crippen LogP contribution in [-0.2, 0) is 0 Å². The number of rotatable bonds is 4. The van der Waals surface area contributed by atoms with Crippen LogP contribution in [0.1, 0.15) is 35.3 Å². The van der Waals surface area contributed by atoms with Gasteiger partial charge in [0, 0.05) is 12.2 Å². The summed E-state index contributed by atoms with van der Waals surface area (Å²) < 4.78 is 0. The quantitative estimate of drug-likeness (QED) is 0.817. The highest BCUT2D eigenvalue weighted by atomic mass is 16.4. The maximum atomic E-state index is 11.0. The highest BCUT2D eigenvalue weighted by molar-refractivity contribution is 5.93. The zero-order valence-electron chi connectivity index (χ0n) is 9.36. The number of carbonyl (C=O) groups is 1. The van der Waals surface area contributed by atoms with Gasteiger partial charge in [0.05, 0.1) is 0 Å². The van der Waals surface area contributed by atoms with Gasteiger partial charge in [-0.1, -0.05) is 6.42 Å². The molecule has 1 aliphatic rings. The average molecular weight is 220 g/mol. The van der Waals surface area contributed by atoms with Crippen LogP contribution in [0, 0.1) is 12.8 Å². The molecular formula is C12H16N2O2. The van der Waals surface area contributed by atoms with Crippen molar-refractivity contribution < 1.29 is 9.90 Å². The molecule has 1 aromatic heterocycles. The molecule has 1 heterocycles. The minimum atomic E-state index is -0.927. The van der Waals surface area contributed by atoms with E-state index in [4.69, 9.17) is 5.11 Å². The van der Waals surface area contributed by atoms with Crippen LogP contribution in [0.15, 0.2) is 12.1 Å². The van der Waals surface area contributed by atoms with E-state index in [9.17, 15) is 4.79 Å². The largest absolute Gasteiger partial charge is 0.478 e. The van der Waals surface area contributed by atoms with Crippen LogP contribution in [0.3, 0.4) is 0 Å². The molecule has 0 radical (unpaired) electrons. The molecule has 4 heteroatoms. The van der Waals surface area contributed by atoms with Gasteiger partial charge in [0.25, 0.3) is 0 Å². The molecule has 0 unspecified atom stereocenters. The number of nitrogens with zero attached hydrogens (tertiary/aromatic N) is 1. The van der Waals surface area contributed by atoms with Gasteiger partial charge >= 0.3 is 5.97 Å². The molecule has 16 heavy (non-hydrogen) atoms. The summed E-state index contributed by atoms with van der Waals surface area (Å²) in [5.74, 6) is 0.256. The fourth-order valence-electron chi connectivity index (χ4n) is 1.80. The summed E-state index contributed by atoms with van der Waals surface area (Å²) >= 11 is 0. The SMILES string of the molecule is Cc1ccc(C(=O)O)c(NCC2CCC2)n1. The first kappa shape index (κ1) is 10.9. The van der Waals surface area contributed by atoms with E-state index < -0.39 is 5.97 Å². The zero-order valence-corrected chi connectivity index (χ0v) is 9.36. The first-order valence-electron chi connectivity index (χ1n) is 5.61. The highest BCUT2D eigenvalue weighted by Crippen LogP contribution is 2.26. The Morgan fingerprint density at radius 3 is 2.88 bits per heavy atom. The summed E-state index contributed by atoms with van der Waals surface area (Å²) in [5.41, 5.74) is 1.09. The van der Waals surface area contributed by atoms with Gasteiger partial charge in [-0.15, -0.1) is 0 Å². The first-order chi connectivity index (χ1) is 7.66. The first-order valence-corrected chi connectivity index (χ1v) is 5.61. The van der Waals surface area contributed by atoms with Gasteiger partial charge in [0.15, 0.2) is 0 Å². The lowest BCUT2D eigenvalue weighted by molar-refractivity contribution is 0.0697. The van der Waals surface area contributed by atoms with Crippen molar-refractivity contribution in [3.05, 3.63) is 23.4 Å². The lowest BCUT2D eigenvalue weighted by Gasteiger charge is -2.25. The van der Waals surface area contributed by atoms with Gasteiger partial charge in [0.1, 0.15) is 11.4 Å². The number of aromatic carboxylic acids is 1. The van der Waals surface area contributed by atoms with Crippen molar-refractivity contribution >= 4 is 11.8 Å². The molecule has 4 nitrogen and oxygen atoms in total. The van der Waals surface area contributed by atoms with E-state index in [2.05, 4.69) is 10.3 Å². The predicted molar refractivity (Wildman–Crippen MR) is 61.8 cm³/mol. The molecule has 0 bridgehead atoms. The van der Waals surface area contributed by atoms with Crippen LogP contribution >= 0.6 is 0 Å². The van der Waals surface area contributed by atoms with Crippen LogP contribution in [0.4, 0.5) is 5.82 Å². The van der Waals surface area contributed by atoms with Crippen LogP contribution < -0.4 is 5.32 Å². The molecule has 1 saturated carbocycles. The molecule has 1 aromatic rings. The second-order valence-electron chi connectivity index (χ2n) is 4.33. The van der Waals surface area contributed by atoms with Crippen LogP contribution in [0.2, 0.25) is 0 Å². The minimum absolute atomic E-state index is 0.255. The molecule has 0 saturated heterocycles.